The predicted octanol–water partition coefficient (Wildman–Crippen LogP) is 2.55. The fourth-order valence-electron chi connectivity index (χ4n) is 2.22. The van der Waals surface area contributed by atoms with Crippen molar-refractivity contribution in [2.45, 2.75) is 19.8 Å². The average Bonchev–Trinajstić information content (AvgIpc) is 2.30. The van der Waals surface area contributed by atoms with E-state index in [0.717, 1.165) is 31.6 Å². The van der Waals surface area contributed by atoms with E-state index in [4.69, 9.17) is 5.73 Å². The third-order valence-corrected chi connectivity index (χ3v) is 3.27. The Balaban J connectivity index is 2.35. The molecule has 2 nitrogen and oxygen atoms in total. The molecular weight excluding hydrogens is 196 g/mol. The Labute approximate surface area is 97.8 Å². The number of hydrogen-bond acceptors (Lipinski definition) is 2. The first-order valence-electron chi connectivity index (χ1n) is 5.97. The molecule has 2 N–H and O–H groups in total. The van der Waals surface area contributed by atoms with Gasteiger partial charge in [-0.3, -0.25) is 0 Å². The molecule has 0 fully saturated rings. The number of nitrogens with two attached hydrogens (primary N) is 1. The van der Waals surface area contributed by atoms with Crippen LogP contribution in [0.3, 0.4) is 0 Å². The molecule has 0 amide bonds. The van der Waals surface area contributed by atoms with Crippen LogP contribution in [-0.4, -0.2) is 25.0 Å². The van der Waals surface area contributed by atoms with Gasteiger partial charge in [-0.05, 0) is 48.7 Å². The third kappa shape index (κ3) is 2.27. The summed E-state index contributed by atoms with van der Waals surface area (Å²) in [6, 6.07) is 6.28. The van der Waals surface area contributed by atoms with Crippen molar-refractivity contribution >= 4 is 11.3 Å². The van der Waals surface area contributed by atoms with Crippen LogP contribution in [0.5, 0.6) is 0 Å². The molecule has 1 aromatic rings. The van der Waals surface area contributed by atoms with Crippen molar-refractivity contribution in [1.29, 1.82) is 0 Å². The first-order chi connectivity index (χ1) is 7.70. The number of anilines is 1. The third-order valence-electron chi connectivity index (χ3n) is 3.27. The first kappa shape index (κ1) is 11.2. The van der Waals surface area contributed by atoms with E-state index in [1.165, 1.54) is 16.7 Å². The summed E-state index contributed by atoms with van der Waals surface area (Å²) in [7, 11) is 2.16. The second-order valence-electron chi connectivity index (χ2n) is 4.51. The largest absolute Gasteiger partial charge is 0.399 e. The number of nitrogens with zero attached hydrogens (tertiary/aromatic N) is 1. The number of hydrogen-bond donors (Lipinski definition) is 1. The van der Waals surface area contributed by atoms with Crippen molar-refractivity contribution in [3.05, 3.63) is 35.4 Å². The first-order valence-corrected chi connectivity index (χ1v) is 5.97. The highest BCUT2D eigenvalue weighted by atomic mass is 15.1. The zero-order valence-corrected chi connectivity index (χ0v) is 10.2. The molecule has 1 aromatic carbocycles. The highest BCUT2D eigenvalue weighted by molar-refractivity contribution is 5.71. The molecular formula is C14H20N2. The summed E-state index contributed by atoms with van der Waals surface area (Å²) in [5.74, 6) is 0. The number of rotatable bonds is 2. The van der Waals surface area contributed by atoms with Crippen LogP contribution in [0, 0.1) is 0 Å². The van der Waals surface area contributed by atoms with E-state index in [9.17, 15) is 0 Å². The maximum atomic E-state index is 5.88. The van der Waals surface area contributed by atoms with Gasteiger partial charge in [0.2, 0.25) is 0 Å². The maximum Gasteiger partial charge on any atom is 0.0320 e. The van der Waals surface area contributed by atoms with Gasteiger partial charge in [0.25, 0.3) is 0 Å². The molecule has 0 radical (unpaired) electrons. The molecule has 0 saturated heterocycles. The van der Waals surface area contributed by atoms with Gasteiger partial charge in [-0.2, -0.15) is 0 Å². The van der Waals surface area contributed by atoms with Gasteiger partial charge in [0.1, 0.15) is 0 Å². The van der Waals surface area contributed by atoms with Gasteiger partial charge >= 0.3 is 0 Å². The zero-order valence-electron chi connectivity index (χ0n) is 10.2. The number of nitrogen functional groups attached to an aromatic ring is 1. The molecule has 0 spiro atoms. The van der Waals surface area contributed by atoms with Crippen molar-refractivity contribution < 1.29 is 0 Å². The van der Waals surface area contributed by atoms with Crippen LogP contribution in [-0.2, 0) is 6.42 Å². The smallest absolute Gasteiger partial charge is 0.0320 e. The Hall–Kier alpha value is -1.28. The molecule has 0 saturated carbocycles. The van der Waals surface area contributed by atoms with E-state index in [-0.39, 0.29) is 0 Å². The molecule has 86 valence electrons. The van der Waals surface area contributed by atoms with Gasteiger partial charge in [0, 0.05) is 18.8 Å². The Bertz CT molecular complexity index is 407. The number of aryl methyl sites for hydroxylation is 1. The molecule has 0 bridgehead atoms. The van der Waals surface area contributed by atoms with Crippen molar-refractivity contribution in [1.82, 2.24) is 4.90 Å². The van der Waals surface area contributed by atoms with Gasteiger partial charge in [-0.25, -0.2) is 0 Å². The minimum atomic E-state index is 0.868. The molecule has 16 heavy (non-hydrogen) atoms. The normalized spacial score (nSPS) is 17.2. The standard InChI is InChI=1S/C14H20N2/c1-3-11-4-5-13(15)10-14(11)12-6-8-16(2)9-7-12/h4-6,10H,3,7-9,15H2,1-2H3. The van der Waals surface area contributed by atoms with Crippen molar-refractivity contribution in [2.24, 2.45) is 0 Å². The lowest BCUT2D eigenvalue weighted by molar-refractivity contribution is 0.370. The minimum absolute atomic E-state index is 0.868. The van der Waals surface area contributed by atoms with E-state index >= 15 is 0 Å². The monoisotopic (exact) mass is 216 g/mol. The van der Waals surface area contributed by atoms with E-state index < -0.39 is 0 Å². The van der Waals surface area contributed by atoms with Crippen LogP contribution >= 0.6 is 0 Å². The molecule has 0 atom stereocenters. The van der Waals surface area contributed by atoms with E-state index in [2.05, 4.69) is 37.1 Å². The van der Waals surface area contributed by atoms with Crippen LogP contribution in [0.4, 0.5) is 5.69 Å². The SMILES string of the molecule is CCc1ccc(N)cc1C1=CCN(C)CC1. The summed E-state index contributed by atoms with van der Waals surface area (Å²) >= 11 is 0. The molecule has 1 aliphatic rings. The Morgan fingerprint density at radius 1 is 1.38 bits per heavy atom. The summed E-state index contributed by atoms with van der Waals surface area (Å²) in [5.41, 5.74) is 11.0. The fourth-order valence-corrected chi connectivity index (χ4v) is 2.22. The summed E-state index contributed by atoms with van der Waals surface area (Å²) in [5, 5.41) is 0. The van der Waals surface area contributed by atoms with E-state index in [0.29, 0.717) is 0 Å². The van der Waals surface area contributed by atoms with E-state index in [1.54, 1.807) is 0 Å². The van der Waals surface area contributed by atoms with Gasteiger partial charge in [-0.1, -0.05) is 19.1 Å². The summed E-state index contributed by atoms with van der Waals surface area (Å²) in [6.45, 7) is 4.39. The lowest BCUT2D eigenvalue weighted by Crippen LogP contribution is -2.23. The fraction of sp³-hybridized carbons (Fsp3) is 0.429. The second-order valence-corrected chi connectivity index (χ2v) is 4.51. The highest BCUT2D eigenvalue weighted by Gasteiger charge is 2.12. The predicted molar refractivity (Wildman–Crippen MR) is 70.3 cm³/mol. The highest BCUT2D eigenvalue weighted by Crippen LogP contribution is 2.27. The summed E-state index contributed by atoms with van der Waals surface area (Å²) in [6.07, 6.45) is 4.53. The lowest BCUT2D eigenvalue weighted by Gasteiger charge is -2.23. The zero-order chi connectivity index (χ0) is 11.5. The molecule has 2 rings (SSSR count). The Kier molecular flexibility index (Phi) is 3.30. The molecule has 1 aliphatic heterocycles. The molecule has 0 aliphatic carbocycles. The Morgan fingerprint density at radius 2 is 2.19 bits per heavy atom. The number of likely N-dealkylation sites (N-methyl/N-ethyl adjacent to an activating group) is 1. The maximum absolute atomic E-state index is 5.88. The van der Waals surface area contributed by atoms with Gasteiger partial charge in [0.05, 0.1) is 0 Å². The average molecular weight is 216 g/mol. The van der Waals surface area contributed by atoms with Crippen LogP contribution in [0.1, 0.15) is 24.5 Å². The van der Waals surface area contributed by atoms with Crippen molar-refractivity contribution in [3.8, 4) is 0 Å². The number of benzene rings is 1. The molecule has 0 unspecified atom stereocenters. The lowest BCUT2D eigenvalue weighted by atomic mass is 9.93. The van der Waals surface area contributed by atoms with Crippen LogP contribution in [0.2, 0.25) is 0 Å². The van der Waals surface area contributed by atoms with Gasteiger partial charge in [-0.15, -0.1) is 0 Å². The van der Waals surface area contributed by atoms with Crippen LogP contribution in [0.15, 0.2) is 24.3 Å². The van der Waals surface area contributed by atoms with Gasteiger partial charge < -0.3 is 10.6 Å². The summed E-state index contributed by atoms with van der Waals surface area (Å²) in [4.78, 5) is 2.33. The molecule has 2 heteroatoms. The quantitative estimate of drug-likeness (QED) is 0.770. The van der Waals surface area contributed by atoms with Crippen LogP contribution < -0.4 is 5.73 Å². The van der Waals surface area contributed by atoms with Crippen molar-refractivity contribution in [2.75, 3.05) is 25.9 Å². The second kappa shape index (κ2) is 4.71. The minimum Gasteiger partial charge on any atom is -0.399 e. The molecule has 1 heterocycles. The Morgan fingerprint density at radius 3 is 2.81 bits per heavy atom. The topological polar surface area (TPSA) is 29.3 Å². The van der Waals surface area contributed by atoms with Crippen molar-refractivity contribution in [3.63, 3.8) is 0 Å². The van der Waals surface area contributed by atoms with Crippen LogP contribution in [0.25, 0.3) is 5.57 Å². The summed E-state index contributed by atoms with van der Waals surface area (Å²) < 4.78 is 0. The molecule has 0 aromatic heterocycles. The van der Waals surface area contributed by atoms with Gasteiger partial charge in [0.15, 0.2) is 0 Å². The van der Waals surface area contributed by atoms with E-state index in [1.807, 2.05) is 6.07 Å².